The van der Waals surface area contributed by atoms with E-state index in [9.17, 15) is 0 Å². The lowest BCUT2D eigenvalue weighted by molar-refractivity contribution is 0.279. The monoisotopic (exact) mass is 355 g/mol. The lowest BCUT2D eigenvalue weighted by Crippen LogP contribution is -2.15. The smallest absolute Gasteiger partial charge is 0.150 e. The lowest BCUT2D eigenvalue weighted by Gasteiger charge is -2.08. The Morgan fingerprint density at radius 2 is 1.23 bits per heavy atom. The predicted molar refractivity (Wildman–Crippen MR) is 104 cm³/mol. The largest absolute Gasteiger partial charge is 0.494 e. The van der Waals surface area contributed by atoms with E-state index >= 15 is 0 Å². The number of hydrogen-bond acceptors (Lipinski definition) is 5. The third-order valence-electron chi connectivity index (χ3n) is 3.78. The number of nitrogens with zero attached hydrogens (tertiary/aromatic N) is 1. The maximum atomic E-state index is 7.35. The Kier molecular flexibility index (Phi) is 7.30. The van der Waals surface area contributed by atoms with Gasteiger partial charge in [-0.25, -0.2) is 0 Å². The Labute approximate surface area is 153 Å². The number of amidine groups is 2. The van der Waals surface area contributed by atoms with E-state index in [0.29, 0.717) is 24.6 Å². The lowest BCUT2D eigenvalue weighted by atomic mass is 10.2. The molecule has 0 aliphatic carbocycles. The number of hydrogen-bond donors (Lipinski definition) is 4. The van der Waals surface area contributed by atoms with Gasteiger partial charge in [-0.2, -0.15) is 5.10 Å². The number of nitrogen functional groups attached to an aromatic ring is 1. The van der Waals surface area contributed by atoms with Crippen molar-refractivity contribution in [2.45, 2.75) is 19.3 Å². The van der Waals surface area contributed by atoms with Gasteiger partial charge in [-0.3, -0.25) is 5.41 Å². The minimum absolute atomic E-state index is 0.0576. The highest BCUT2D eigenvalue weighted by Gasteiger charge is 2.00. The SMILES string of the molecule is N=C(N)c1ccc(OCCCCCOc2ccc(C(N)=NN)cc2)cc1. The average molecular weight is 355 g/mol. The van der Waals surface area contributed by atoms with Crippen LogP contribution in [0.3, 0.4) is 0 Å². The topological polar surface area (TPSA) is 133 Å². The molecule has 7 heteroatoms. The quantitative estimate of drug-likeness (QED) is 0.170. The van der Waals surface area contributed by atoms with E-state index in [4.69, 9.17) is 32.2 Å². The van der Waals surface area contributed by atoms with Gasteiger partial charge in [0.25, 0.3) is 0 Å². The standard InChI is InChI=1S/C19H25N5O2/c20-18(21)14-4-8-16(9-5-14)25-12-2-1-3-13-26-17-10-6-15(7-11-17)19(22)24-23/h4-11H,1-3,12-13,23H2,(H3,20,21)(H2,22,24). The van der Waals surface area contributed by atoms with Crippen molar-refractivity contribution >= 4 is 11.7 Å². The second-order valence-corrected chi connectivity index (χ2v) is 5.73. The van der Waals surface area contributed by atoms with E-state index in [1.165, 1.54) is 0 Å². The predicted octanol–water partition coefficient (Wildman–Crippen LogP) is 2.18. The molecular weight excluding hydrogens is 330 g/mol. The molecule has 0 aliphatic heterocycles. The van der Waals surface area contributed by atoms with Gasteiger partial charge >= 0.3 is 0 Å². The summed E-state index contributed by atoms with van der Waals surface area (Å²) in [5.41, 5.74) is 12.5. The third-order valence-corrected chi connectivity index (χ3v) is 3.78. The third kappa shape index (κ3) is 6.01. The molecular formula is C19H25N5O2. The summed E-state index contributed by atoms with van der Waals surface area (Å²) in [5, 5.41) is 10.8. The van der Waals surface area contributed by atoms with E-state index in [-0.39, 0.29) is 5.84 Å². The highest BCUT2D eigenvalue weighted by molar-refractivity contribution is 5.97. The summed E-state index contributed by atoms with van der Waals surface area (Å²) in [6.45, 7) is 1.29. The highest BCUT2D eigenvalue weighted by atomic mass is 16.5. The zero-order valence-corrected chi connectivity index (χ0v) is 14.7. The molecule has 7 nitrogen and oxygen atoms in total. The van der Waals surface area contributed by atoms with E-state index in [1.807, 2.05) is 36.4 Å². The van der Waals surface area contributed by atoms with Crippen LogP contribution in [0.2, 0.25) is 0 Å². The van der Waals surface area contributed by atoms with Gasteiger partial charge in [0.15, 0.2) is 0 Å². The van der Waals surface area contributed by atoms with Crippen LogP contribution in [-0.4, -0.2) is 24.9 Å². The van der Waals surface area contributed by atoms with Gasteiger partial charge in [0.05, 0.1) is 13.2 Å². The molecule has 0 heterocycles. The fourth-order valence-corrected chi connectivity index (χ4v) is 2.29. The number of rotatable bonds is 10. The number of nitrogens with one attached hydrogen (secondary N) is 1. The van der Waals surface area contributed by atoms with Crippen LogP contribution in [0.25, 0.3) is 0 Å². The van der Waals surface area contributed by atoms with Crippen LogP contribution >= 0.6 is 0 Å². The summed E-state index contributed by atoms with van der Waals surface area (Å²) < 4.78 is 11.4. The van der Waals surface area contributed by atoms with Crippen molar-refractivity contribution < 1.29 is 9.47 Å². The van der Waals surface area contributed by atoms with E-state index < -0.39 is 0 Å². The maximum Gasteiger partial charge on any atom is 0.150 e. The van der Waals surface area contributed by atoms with Crippen LogP contribution in [-0.2, 0) is 0 Å². The van der Waals surface area contributed by atoms with E-state index in [1.54, 1.807) is 12.1 Å². The zero-order valence-electron chi connectivity index (χ0n) is 14.7. The molecule has 2 rings (SSSR count). The molecule has 0 unspecified atom stereocenters. The molecule has 0 amide bonds. The van der Waals surface area contributed by atoms with Crippen LogP contribution in [0.5, 0.6) is 11.5 Å². The number of benzene rings is 2. The van der Waals surface area contributed by atoms with Crippen LogP contribution in [0.4, 0.5) is 0 Å². The van der Waals surface area contributed by atoms with Crippen molar-refractivity contribution in [2.75, 3.05) is 13.2 Å². The first-order chi connectivity index (χ1) is 12.6. The maximum absolute atomic E-state index is 7.35. The zero-order chi connectivity index (χ0) is 18.8. The molecule has 0 saturated carbocycles. The normalized spacial score (nSPS) is 11.2. The van der Waals surface area contributed by atoms with Gasteiger partial charge in [-0.1, -0.05) is 0 Å². The van der Waals surface area contributed by atoms with Crippen molar-refractivity contribution in [3.63, 3.8) is 0 Å². The highest BCUT2D eigenvalue weighted by Crippen LogP contribution is 2.14. The Bertz CT molecular complexity index is 727. The van der Waals surface area contributed by atoms with Gasteiger partial charge in [0, 0.05) is 11.1 Å². The molecule has 7 N–H and O–H groups in total. The molecule has 0 atom stereocenters. The average Bonchev–Trinajstić information content (AvgIpc) is 2.67. The summed E-state index contributed by atoms with van der Waals surface area (Å²) in [4.78, 5) is 0. The second kappa shape index (κ2) is 9.93. The molecule has 0 saturated heterocycles. The van der Waals surface area contributed by atoms with E-state index in [0.717, 1.165) is 36.3 Å². The first-order valence-corrected chi connectivity index (χ1v) is 8.44. The van der Waals surface area contributed by atoms with Crippen molar-refractivity contribution in [3.05, 3.63) is 59.7 Å². The van der Waals surface area contributed by atoms with E-state index in [2.05, 4.69) is 5.10 Å². The number of nitrogens with two attached hydrogens (primary N) is 3. The molecule has 0 radical (unpaired) electrons. The van der Waals surface area contributed by atoms with Gasteiger partial charge in [0.2, 0.25) is 0 Å². The van der Waals surface area contributed by atoms with Crippen LogP contribution in [0, 0.1) is 5.41 Å². The van der Waals surface area contributed by atoms with Crippen molar-refractivity contribution in [3.8, 4) is 11.5 Å². The summed E-state index contributed by atoms with van der Waals surface area (Å²) in [7, 11) is 0. The molecule has 0 aliphatic rings. The Balaban J connectivity index is 1.58. The summed E-state index contributed by atoms with van der Waals surface area (Å²) in [6, 6.07) is 14.6. The molecule has 0 aromatic heterocycles. The summed E-state index contributed by atoms with van der Waals surface area (Å²) in [6.07, 6.45) is 2.90. The Hall–Kier alpha value is -3.22. The molecule has 2 aromatic carbocycles. The first kappa shape index (κ1) is 19.1. The fraction of sp³-hybridized carbons (Fsp3) is 0.263. The summed E-state index contributed by atoms with van der Waals surface area (Å²) in [5.74, 6) is 7.08. The van der Waals surface area contributed by atoms with Crippen LogP contribution in [0.15, 0.2) is 53.6 Å². The number of ether oxygens (including phenoxy) is 2. The fourth-order valence-electron chi connectivity index (χ4n) is 2.29. The number of hydrazone groups is 1. The molecule has 2 aromatic rings. The van der Waals surface area contributed by atoms with Crippen molar-refractivity contribution in [2.24, 2.45) is 22.4 Å². The van der Waals surface area contributed by atoms with Gasteiger partial charge in [-0.05, 0) is 67.8 Å². The molecule has 0 spiro atoms. The van der Waals surface area contributed by atoms with Gasteiger partial charge in [-0.15, -0.1) is 0 Å². The van der Waals surface area contributed by atoms with Crippen molar-refractivity contribution in [1.29, 1.82) is 5.41 Å². The minimum atomic E-state index is 0.0576. The molecule has 0 fully saturated rings. The van der Waals surface area contributed by atoms with Crippen LogP contribution in [0.1, 0.15) is 30.4 Å². The molecule has 0 bridgehead atoms. The Morgan fingerprint density at radius 1 is 0.769 bits per heavy atom. The Morgan fingerprint density at radius 3 is 1.65 bits per heavy atom. The second-order valence-electron chi connectivity index (χ2n) is 5.73. The summed E-state index contributed by atoms with van der Waals surface area (Å²) >= 11 is 0. The van der Waals surface area contributed by atoms with Gasteiger partial charge in [0.1, 0.15) is 23.2 Å². The van der Waals surface area contributed by atoms with Gasteiger partial charge < -0.3 is 26.8 Å². The van der Waals surface area contributed by atoms with Crippen molar-refractivity contribution in [1.82, 2.24) is 0 Å². The number of unbranched alkanes of at least 4 members (excludes halogenated alkanes) is 2. The molecule has 138 valence electrons. The molecule has 26 heavy (non-hydrogen) atoms. The first-order valence-electron chi connectivity index (χ1n) is 8.44. The minimum Gasteiger partial charge on any atom is -0.494 e. The van der Waals surface area contributed by atoms with Crippen LogP contribution < -0.4 is 26.8 Å².